The highest BCUT2D eigenvalue weighted by Crippen LogP contribution is 2.20. The summed E-state index contributed by atoms with van der Waals surface area (Å²) in [6.07, 6.45) is 1.81. The van der Waals surface area contributed by atoms with Crippen molar-refractivity contribution in [1.29, 1.82) is 0 Å². The number of hydrogen-bond donors (Lipinski definition) is 1. The minimum Gasteiger partial charge on any atom is -0.346 e. The molecular weight excluding hydrogens is 315 g/mol. The maximum Gasteiger partial charge on any atom is 0.241 e. The Morgan fingerprint density at radius 2 is 2.13 bits per heavy atom. The lowest BCUT2D eigenvalue weighted by molar-refractivity contribution is -0.120. The van der Waals surface area contributed by atoms with E-state index in [-0.39, 0.29) is 17.8 Å². The largest absolute Gasteiger partial charge is 0.346 e. The third-order valence-electron chi connectivity index (χ3n) is 4.02. The Morgan fingerprint density at radius 3 is 2.78 bits per heavy atom. The molecule has 2 aromatic rings. The van der Waals surface area contributed by atoms with Crippen molar-refractivity contribution in [3.8, 4) is 0 Å². The molecule has 122 valence electrons. The van der Waals surface area contributed by atoms with Gasteiger partial charge in [-0.2, -0.15) is 0 Å². The Balaban J connectivity index is 1.54. The second-order valence-corrected chi connectivity index (χ2v) is 6.39. The summed E-state index contributed by atoms with van der Waals surface area (Å²) in [5.74, 6) is -0.467. The number of rotatable bonds is 4. The summed E-state index contributed by atoms with van der Waals surface area (Å²) >= 11 is 1.63. The molecule has 23 heavy (non-hydrogen) atoms. The number of nitrogens with zero attached hydrogens (tertiary/aromatic N) is 3. The molecule has 0 aliphatic carbocycles. The standard InChI is InChI=1S/C16H19FN4OS/c1-12(15(22)19-14-4-2-3-13(17)11-14)20-6-8-21(9-7-20)16-18-5-10-23-16/h2-5,10-12H,6-9H2,1H3,(H,19,22). The number of benzene rings is 1. The van der Waals surface area contributed by atoms with Gasteiger partial charge in [-0.1, -0.05) is 6.07 Å². The van der Waals surface area contributed by atoms with Crippen LogP contribution in [0.3, 0.4) is 0 Å². The number of carbonyl (C=O) groups excluding carboxylic acids is 1. The second-order valence-electron chi connectivity index (χ2n) is 5.51. The molecule has 3 rings (SSSR count). The summed E-state index contributed by atoms with van der Waals surface area (Å²) in [5.41, 5.74) is 0.489. The first kappa shape index (κ1) is 15.9. The highest BCUT2D eigenvalue weighted by Gasteiger charge is 2.26. The predicted molar refractivity (Wildman–Crippen MR) is 90.4 cm³/mol. The minimum absolute atomic E-state index is 0.113. The summed E-state index contributed by atoms with van der Waals surface area (Å²) in [5, 5.41) is 5.77. The molecule has 2 heterocycles. The molecule has 0 bridgehead atoms. The predicted octanol–water partition coefficient (Wildman–Crippen LogP) is 2.43. The van der Waals surface area contributed by atoms with Gasteiger partial charge in [-0.15, -0.1) is 11.3 Å². The van der Waals surface area contributed by atoms with Crippen molar-refractivity contribution in [2.75, 3.05) is 36.4 Å². The Kier molecular flexibility index (Phi) is 4.88. The molecule has 7 heteroatoms. The van der Waals surface area contributed by atoms with Crippen LogP contribution in [0, 0.1) is 5.82 Å². The molecule has 1 aromatic heterocycles. The zero-order valence-corrected chi connectivity index (χ0v) is 13.7. The van der Waals surface area contributed by atoms with Gasteiger partial charge in [-0.25, -0.2) is 9.37 Å². The lowest BCUT2D eigenvalue weighted by Gasteiger charge is -2.37. The summed E-state index contributed by atoms with van der Waals surface area (Å²) in [4.78, 5) is 21.0. The van der Waals surface area contributed by atoms with Crippen molar-refractivity contribution in [1.82, 2.24) is 9.88 Å². The van der Waals surface area contributed by atoms with Crippen LogP contribution in [0.1, 0.15) is 6.92 Å². The first-order valence-corrected chi connectivity index (χ1v) is 8.46. The van der Waals surface area contributed by atoms with Crippen molar-refractivity contribution < 1.29 is 9.18 Å². The quantitative estimate of drug-likeness (QED) is 0.933. The smallest absolute Gasteiger partial charge is 0.241 e. The minimum atomic E-state index is -0.354. The van der Waals surface area contributed by atoms with Crippen LogP contribution in [-0.4, -0.2) is 48.0 Å². The maximum absolute atomic E-state index is 13.2. The summed E-state index contributed by atoms with van der Waals surface area (Å²) in [6, 6.07) is 5.70. The first-order valence-electron chi connectivity index (χ1n) is 7.58. The molecule has 1 fully saturated rings. The number of aromatic nitrogens is 1. The summed E-state index contributed by atoms with van der Waals surface area (Å²) in [6.45, 7) is 5.19. The van der Waals surface area contributed by atoms with Gasteiger partial charge >= 0.3 is 0 Å². The molecule has 1 amide bonds. The van der Waals surface area contributed by atoms with Gasteiger partial charge < -0.3 is 10.2 Å². The zero-order chi connectivity index (χ0) is 16.2. The molecule has 1 unspecified atom stereocenters. The SMILES string of the molecule is CC(C(=O)Nc1cccc(F)c1)N1CCN(c2nccs2)CC1. The van der Waals surface area contributed by atoms with Crippen LogP contribution in [0.15, 0.2) is 35.8 Å². The highest BCUT2D eigenvalue weighted by atomic mass is 32.1. The number of thiazole rings is 1. The third kappa shape index (κ3) is 3.86. The second kappa shape index (κ2) is 7.06. The van der Waals surface area contributed by atoms with Gasteiger partial charge in [0.15, 0.2) is 5.13 Å². The van der Waals surface area contributed by atoms with E-state index in [0.717, 1.165) is 31.3 Å². The molecule has 0 radical (unpaired) electrons. The molecule has 1 aromatic carbocycles. The van der Waals surface area contributed by atoms with Crippen LogP contribution < -0.4 is 10.2 Å². The van der Waals surface area contributed by atoms with Crippen LogP contribution in [-0.2, 0) is 4.79 Å². The fraction of sp³-hybridized carbons (Fsp3) is 0.375. The van der Waals surface area contributed by atoms with Gasteiger partial charge in [0.25, 0.3) is 0 Å². The Bertz CT molecular complexity index is 656. The lowest BCUT2D eigenvalue weighted by Crippen LogP contribution is -2.52. The molecule has 1 aliphatic rings. The number of halogens is 1. The van der Waals surface area contributed by atoms with E-state index in [0.29, 0.717) is 5.69 Å². The van der Waals surface area contributed by atoms with Crippen LogP contribution in [0.4, 0.5) is 15.2 Å². The molecule has 1 atom stereocenters. The van der Waals surface area contributed by atoms with E-state index in [2.05, 4.69) is 20.1 Å². The van der Waals surface area contributed by atoms with E-state index in [4.69, 9.17) is 0 Å². The van der Waals surface area contributed by atoms with E-state index in [1.54, 1.807) is 29.7 Å². The average molecular weight is 334 g/mol. The van der Waals surface area contributed by atoms with Gasteiger partial charge in [-0.3, -0.25) is 9.69 Å². The fourth-order valence-electron chi connectivity index (χ4n) is 2.65. The molecule has 1 aliphatic heterocycles. The van der Waals surface area contributed by atoms with E-state index < -0.39 is 0 Å². The van der Waals surface area contributed by atoms with Crippen molar-refractivity contribution in [2.24, 2.45) is 0 Å². The topological polar surface area (TPSA) is 48.5 Å². The van der Waals surface area contributed by atoms with Gasteiger partial charge in [0.2, 0.25) is 5.91 Å². The third-order valence-corrected chi connectivity index (χ3v) is 4.86. The number of nitrogens with one attached hydrogen (secondary N) is 1. The number of carbonyl (C=O) groups is 1. The van der Waals surface area contributed by atoms with Gasteiger partial charge in [0, 0.05) is 43.4 Å². The highest BCUT2D eigenvalue weighted by molar-refractivity contribution is 7.13. The molecule has 5 nitrogen and oxygen atoms in total. The van der Waals surface area contributed by atoms with E-state index >= 15 is 0 Å². The van der Waals surface area contributed by atoms with Gasteiger partial charge in [0.1, 0.15) is 5.82 Å². The molecule has 1 saturated heterocycles. The Hall–Kier alpha value is -1.99. The van der Waals surface area contributed by atoms with Crippen molar-refractivity contribution in [2.45, 2.75) is 13.0 Å². The first-order chi connectivity index (χ1) is 11.1. The van der Waals surface area contributed by atoms with Crippen molar-refractivity contribution >= 4 is 28.1 Å². The van der Waals surface area contributed by atoms with Crippen molar-refractivity contribution in [3.63, 3.8) is 0 Å². The van der Waals surface area contributed by atoms with Crippen LogP contribution in [0.5, 0.6) is 0 Å². The molecular formula is C16H19FN4OS. The van der Waals surface area contributed by atoms with Crippen LogP contribution in [0.25, 0.3) is 0 Å². The van der Waals surface area contributed by atoms with E-state index in [1.807, 2.05) is 12.3 Å². The molecule has 0 saturated carbocycles. The van der Waals surface area contributed by atoms with Crippen LogP contribution in [0.2, 0.25) is 0 Å². The van der Waals surface area contributed by atoms with Gasteiger partial charge in [0.05, 0.1) is 6.04 Å². The number of hydrogen-bond acceptors (Lipinski definition) is 5. The van der Waals surface area contributed by atoms with E-state index in [1.165, 1.54) is 12.1 Å². The summed E-state index contributed by atoms with van der Waals surface area (Å²) in [7, 11) is 0. The monoisotopic (exact) mass is 334 g/mol. The number of piperazine rings is 1. The van der Waals surface area contributed by atoms with Crippen molar-refractivity contribution in [3.05, 3.63) is 41.7 Å². The number of anilines is 2. The fourth-order valence-corrected chi connectivity index (χ4v) is 3.35. The normalized spacial score (nSPS) is 17.0. The van der Waals surface area contributed by atoms with E-state index in [9.17, 15) is 9.18 Å². The van der Waals surface area contributed by atoms with Crippen LogP contribution >= 0.6 is 11.3 Å². The maximum atomic E-state index is 13.2. The van der Waals surface area contributed by atoms with Gasteiger partial charge in [-0.05, 0) is 25.1 Å². The lowest BCUT2D eigenvalue weighted by atomic mass is 10.2. The molecule has 1 N–H and O–H groups in total. The molecule has 0 spiro atoms. The average Bonchev–Trinajstić information content (AvgIpc) is 3.09. The number of amides is 1. The Morgan fingerprint density at radius 1 is 1.35 bits per heavy atom. The zero-order valence-electron chi connectivity index (χ0n) is 12.9. The summed E-state index contributed by atoms with van der Waals surface area (Å²) < 4.78 is 13.2. The Labute approximate surface area is 138 Å².